The minimum Gasteiger partial charge on any atom is -0.478 e. The van der Waals surface area contributed by atoms with Crippen LogP contribution < -0.4 is 9.80 Å². The quantitative estimate of drug-likeness (QED) is 0.276. The number of carbonyl (C=O) groups is 2. The molecule has 0 atom stereocenters. The maximum atomic E-state index is 13.6. The Morgan fingerprint density at radius 1 is 0.892 bits per heavy atom. The van der Waals surface area contributed by atoms with Crippen molar-refractivity contribution < 1.29 is 14.7 Å². The van der Waals surface area contributed by atoms with Gasteiger partial charge in [-0.3, -0.25) is 9.78 Å². The van der Waals surface area contributed by atoms with Gasteiger partial charge in [-0.15, -0.1) is 0 Å². The van der Waals surface area contributed by atoms with Gasteiger partial charge in [-0.05, 0) is 64.7 Å². The molecular weight excluding hydrogens is 486 g/mol. The van der Waals surface area contributed by atoms with Crippen LogP contribution in [-0.2, 0) is 11.3 Å². The van der Waals surface area contributed by atoms with E-state index >= 15 is 0 Å². The summed E-state index contributed by atoms with van der Waals surface area (Å²) in [6.07, 6.45) is 5.59. The fourth-order valence-corrected chi connectivity index (χ4v) is 4.09. The predicted octanol–water partition coefficient (Wildman–Crippen LogP) is 6.41. The van der Waals surface area contributed by atoms with Crippen LogP contribution in [0.4, 0.5) is 11.4 Å². The van der Waals surface area contributed by atoms with Crippen LogP contribution in [0.25, 0.3) is 17.2 Å². The first kappa shape index (κ1) is 25.7. The Kier molecular flexibility index (Phi) is 8.01. The lowest BCUT2D eigenvalue weighted by Crippen LogP contribution is -2.30. The van der Waals surface area contributed by atoms with E-state index in [9.17, 15) is 9.59 Å². The van der Waals surface area contributed by atoms with Gasteiger partial charge in [0, 0.05) is 42.6 Å². The van der Waals surface area contributed by atoms with E-state index in [-0.39, 0.29) is 12.5 Å². The van der Waals surface area contributed by atoms with Crippen LogP contribution >= 0.6 is 11.6 Å². The average Bonchev–Trinajstić information content (AvgIpc) is 2.91. The SMILES string of the molecule is CN(C)c1ccc(-c2ccc(CN(C(=O)c3ccccc3)c3cncc(/C=C/C(=O)O)c3)c(Cl)c2)cc1. The van der Waals surface area contributed by atoms with E-state index in [0.717, 1.165) is 28.5 Å². The van der Waals surface area contributed by atoms with Crippen LogP contribution in [0.2, 0.25) is 5.02 Å². The fourth-order valence-electron chi connectivity index (χ4n) is 3.85. The van der Waals surface area contributed by atoms with Crippen molar-refractivity contribution in [2.24, 2.45) is 0 Å². The van der Waals surface area contributed by atoms with Crippen molar-refractivity contribution >= 4 is 40.9 Å². The molecular formula is C30H26ClN3O3. The van der Waals surface area contributed by atoms with Crippen LogP contribution in [0.5, 0.6) is 0 Å². The van der Waals surface area contributed by atoms with E-state index in [2.05, 4.69) is 17.1 Å². The summed E-state index contributed by atoms with van der Waals surface area (Å²) < 4.78 is 0. The molecule has 4 aromatic rings. The number of pyridine rings is 1. The number of halogens is 1. The van der Waals surface area contributed by atoms with Crippen molar-refractivity contribution in [3.8, 4) is 11.1 Å². The first-order chi connectivity index (χ1) is 17.8. The van der Waals surface area contributed by atoms with Gasteiger partial charge in [0.05, 0.1) is 18.4 Å². The van der Waals surface area contributed by atoms with Crippen LogP contribution in [0.15, 0.2) is 97.3 Å². The Hall–Kier alpha value is -4.42. The number of carboxylic acids is 1. The Morgan fingerprint density at radius 2 is 1.59 bits per heavy atom. The van der Waals surface area contributed by atoms with Gasteiger partial charge >= 0.3 is 5.97 Å². The first-order valence-corrected chi connectivity index (χ1v) is 12.0. The maximum Gasteiger partial charge on any atom is 0.328 e. The van der Waals surface area contributed by atoms with Crippen LogP contribution in [0, 0.1) is 0 Å². The van der Waals surface area contributed by atoms with E-state index in [0.29, 0.717) is 21.8 Å². The molecule has 0 aliphatic carbocycles. The number of nitrogens with zero attached hydrogens (tertiary/aromatic N) is 3. The fraction of sp³-hybridized carbons (Fsp3) is 0.100. The Morgan fingerprint density at radius 3 is 2.24 bits per heavy atom. The topological polar surface area (TPSA) is 73.7 Å². The summed E-state index contributed by atoms with van der Waals surface area (Å²) in [6.45, 7) is 0.209. The number of hydrogen-bond acceptors (Lipinski definition) is 4. The lowest BCUT2D eigenvalue weighted by Gasteiger charge is -2.24. The minimum absolute atomic E-state index is 0.209. The average molecular weight is 512 g/mol. The number of aromatic nitrogens is 1. The van der Waals surface area contributed by atoms with E-state index in [1.165, 1.54) is 12.3 Å². The summed E-state index contributed by atoms with van der Waals surface area (Å²) in [4.78, 5) is 32.4. The number of anilines is 2. The van der Waals surface area contributed by atoms with Gasteiger partial charge in [0.25, 0.3) is 5.91 Å². The van der Waals surface area contributed by atoms with Gasteiger partial charge in [0.15, 0.2) is 0 Å². The first-order valence-electron chi connectivity index (χ1n) is 11.6. The molecule has 0 bridgehead atoms. The van der Waals surface area contributed by atoms with Crippen molar-refractivity contribution in [2.45, 2.75) is 6.54 Å². The number of carboxylic acid groups (broad SMARTS) is 1. The number of carbonyl (C=O) groups excluding carboxylic acids is 1. The predicted molar refractivity (Wildman–Crippen MR) is 149 cm³/mol. The molecule has 0 saturated heterocycles. The summed E-state index contributed by atoms with van der Waals surface area (Å²) in [7, 11) is 3.99. The summed E-state index contributed by atoms with van der Waals surface area (Å²) in [5.41, 5.74) is 5.50. The normalized spacial score (nSPS) is 10.9. The molecule has 1 aromatic heterocycles. The molecule has 0 spiro atoms. The number of rotatable bonds is 8. The molecule has 37 heavy (non-hydrogen) atoms. The molecule has 3 aromatic carbocycles. The number of hydrogen-bond donors (Lipinski definition) is 1. The zero-order chi connectivity index (χ0) is 26.4. The molecule has 0 radical (unpaired) electrons. The number of aliphatic carboxylic acids is 1. The highest BCUT2D eigenvalue weighted by Gasteiger charge is 2.20. The molecule has 0 saturated carbocycles. The van der Waals surface area contributed by atoms with Crippen LogP contribution in [-0.4, -0.2) is 36.1 Å². The monoisotopic (exact) mass is 511 g/mol. The highest BCUT2D eigenvalue weighted by Crippen LogP contribution is 2.30. The molecule has 1 N–H and O–H groups in total. The van der Waals surface area contributed by atoms with Gasteiger partial charge in [0.2, 0.25) is 0 Å². The van der Waals surface area contributed by atoms with E-state index in [1.807, 2.05) is 55.4 Å². The number of amides is 1. The third-order valence-corrected chi connectivity index (χ3v) is 6.19. The standard InChI is InChI=1S/C30H26ClN3O3/c1-33(2)26-13-11-22(12-14-26)24-9-10-25(28(31)17-24)20-34(30(37)23-6-4-3-5-7-23)27-16-21(18-32-19-27)8-15-29(35)36/h3-19H,20H2,1-2H3,(H,35,36)/b15-8+. The van der Waals surface area contributed by atoms with Crippen LogP contribution in [0.1, 0.15) is 21.5 Å². The van der Waals surface area contributed by atoms with Gasteiger partial charge in [-0.2, -0.15) is 0 Å². The molecule has 7 heteroatoms. The third kappa shape index (κ3) is 6.42. The molecule has 0 unspecified atom stereocenters. The summed E-state index contributed by atoms with van der Waals surface area (Å²) in [5.74, 6) is -1.29. The second-order valence-electron chi connectivity index (χ2n) is 8.65. The molecule has 1 heterocycles. The molecule has 6 nitrogen and oxygen atoms in total. The second-order valence-corrected chi connectivity index (χ2v) is 9.06. The van der Waals surface area contributed by atoms with Gasteiger partial charge in [0.1, 0.15) is 0 Å². The van der Waals surface area contributed by atoms with E-state index in [4.69, 9.17) is 16.7 Å². The highest BCUT2D eigenvalue weighted by molar-refractivity contribution is 6.31. The Bertz CT molecular complexity index is 1430. The number of benzene rings is 3. The zero-order valence-corrected chi connectivity index (χ0v) is 21.3. The largest absolute Gasteiger partial charge is 0.478 e. The van der Waals surface area contributed by atoms with E-state index in [1.54, 1.807) is 41.4 Å². The lowest BCUT2D eigenvalue weighted by atomic mass is 10.0. The van der Waals surface area contributed by atoms with Crippen molar-refractivity contribution in [3.63, 3.8) is 0 Å². The molecule has 4 rings (SSSR count). The Balaban J connectivity index is 1.67. The minimum atomic E-state index is -1.06. The van der Waals surface area contributed by atoms with Gasteiger partial charge < -0.3 is 14.9 Å². The summed E-state index contributed by atoms with van der Waals surface area (Å²) in [6, 6.07) is 24.7. The van der Waals surface area contributed by atoms with E-state index < -0.39 is 5.97 Å². The maximum absolute atomic E-state index is 13.6. The van der Waals surface area contributed by atoms with Crippen molar-refractivity contribution in [1.82, 2.24) is 4.98 Å². The molecule has 0 fully saturated rings. The molecule has 0 aliphatic heterocycles. The summed E-state index contributed by atoms with van der Waals surface area (Å²) in [5, 5.41) is 9.51. The molecule has 1 amide bonds. The molecule has 186 valence electrons. The second kappa shape index (κ2) is 11.5. The molecule has 0 aliphatic rings. The van der Waals surface area contributed by atoms with Gasteiger partial charge in [-0.25, -0.2) is 4.79 Å². The Labute approximate surface area is 221 Å². The van der Waals surface area contributed by atoms with Crippen molar-refractivity contribution in [1.29, 1.82) is 0 Å². The highest BCUT2D eigenvalue weighted by atomic mass is 35.5. The smallest absolute Gasteiger partial charge is 0.328 e. The third-order valence-electron chi connectivity index (χ3n) is 5.84. The lowest BCUT2D eigenvalue weighted by molar-refractivity contribution is -0.131. The van der Waals surface area contributed by atoms with Crippen molar-refractivity contribution in [3.05, 3.63) is 119 Å². The van der Waals surface area contributed by atoms with Crippen LogP contribution in [0.3, 0.4) is 0 Å². The summed E-state index contributed by atoms with van der Waals surface area (Å²) >= 11 is 6.72. The van der Waals surface area contributed by atoms with Crippen molar-refractivity contribution in [2.75, 3.05) is 23.9 Å². The van der Waals surface area contributed by atoms with Gasteiger partial charge in [-0.1, -0.05) is 54.1 Å². The zero-order valence-electron chi connectivity index (χ0n) is 20.5.